The van der Waals surface area contributed by atoms with E-state index in [0.29, 0.717) is 30.5 Å². The number of fused-ring (bicyclic) bond motifs is 3. The molecule has 0 fully saturated rings. The smallest absolute Gasteiger partial charge is 0.336 e. The fraction of sp³-hybridized carbons (Fsp3) is 0.316. The van der Waals surface area contributed by atoms with Crippen molar-refractivity contribution in [3.05, 3.63) is 56.7 Å². The Hall–Kier alpha value is -3.73. The molecule has 156 valence electrons. The van der Waals surface area contributed by atoms with Crippen LogP contribution in [0.4, 0.5) is 11.9 Å². The lowest BCUT2D eigenvalue weighted by Crippen LogP contribution is -2.41. The van der Waals surface area contributed by atoms with Crippen LogP contribution in [0.15, 0.2) is 39.9 Å². The third-order valence-corrected chi connectivity index (χ3v) is 4.98. The summed E-state index contributed by atoms with van der Waals surface area (Å²) in [6.45, 7) is 2.10. The van der Waals surface area contributed by atoms with Crippen LogP contribution in [0.2, 0.25) is 0 Å². The number of nitrogens with zero attached hydrogens (tertiary/aromatic N) is 5. The van der Waals surface area contributed by atoms with Crippen LogP contribution in [0.3, 0.4) is 0 Å². The molecule has 3 aromatic heterocycles. The molecule has 30 heavy (non-hydrogen) atoms. The number of aryl methyl sites for hydroxylation is 1. The number of rotatable bonds is 7. The predicted octanol–water partition coefficient (Wildman–Crippen LogP) is -1.08. The van der Waals surface area contributed by atoms with Gasteiger partial charge < -0.3 is 16.4 Å². The molecule has 0 saturated heterocycles. The van der Waals surface area contributed by atoms with Crippen LogP contribution in [-0.4, -0.2) is 43.7 Å². The van der Waals surface area contributed by atoms with Crippen LogP contribution in [0.5, 0.6) is 0 Å². The molecule has 0 spiro atoms. The first kappa shape index (κ1) is 19.6. The monoisotopic (exact) mass is 410 g/mol. The molecule has 0 amide bonds. The molecule has 0 aliphatic carbocycles. The molecule has 4 rings (SSSR count). The summed E-state index contributed by atoms with van der Waals surface area (Å²) in [5, 5.41) is 6.57. The molecule has 3 heterocycles. The number of nitrogens with one attached hydrogen (secondary N) is 3. The van der Waals surface area contributed by atoms with Crippen molar-refractivity contribution < 1.29 is 4.40 Å². The average molecular weight is 410 g/mol. The number of anilines is 2. The van der Waals surface area contributed by atoms with Crippen molar-refractivity contribution in [3.8, 4) is 0 Å². The van der Waals surface area contributed by atoms with E-state index in [-0.39, 0.29) is 11.5 Å². The zero-order chi connectivity index (χ0) is 21.3. The highest BCUT2D eigenvalue weighted by molar-refractivity contribution is 5.69. The first-order chi connectivity index (χ1) is 14.5. The summed E-state index contributed by atoms with van der Waals surface area (Å²) in [6.07, 6.45) is 0.937. The largest absolute Gasteiger partial charge is 0.351 e. The topological polar surface area (TPSA) is 140 Å². The van der Waals surface area contributed by atoms with Crippen LogP contribution < -0.4 is 32.0 Å². The fourth-order valence-electron chi connectivity index (χ4n) is 3.40. The highest BCUT2D eigenvalue weighted by atomic mass is 16.2. The molecule has 0 unspecified atom stereocenters. The van der Waals surface area contributed by atoms with E-state index in [1.54, 1.807) is 11.4 Å². The van der Waals surface area contributed by atoms with E-state index in [9.17, 15) is 9.59 Å². The van der Waals surface area contributed by atoms with E-state index < -0.39 is 11.2 Å². The number of nitrogens with two attached hydrogens (primary N) is 1. The van der Waals surface area contributed by atoms with Gasteiger partial charge in [0.1, 0.15) is 0 Å². The minimum Gasteiger partial charge on any atom is -0.351 e. The van der Waals surface area contributed by atoms with E-state index in [2.05, 4.69) is 37.7 Å². The maximum atomic E-state index is 12.7. The van der Waals surface area contributed by atoms with Gasteiger partial charge >= 0.3 is 23.4 Å². The number of aromatic nitrogens is 6. The second-order valence-corrected chi connectivity index (χ2v) is 7.00. The molecule has 0 atom stereocenters. The van der Waals surface area contributed by atoms with Gasteiger partial charge in [0.2, 0.25) is 5.52 Å². The first-order valence-electron chi connectivity index (χ1n) is 9.63. The summed E-state index contributed by atoms with van der Waals surface area (Å²) < 4.78 is 3.96. The van der Waals surface area contributed by atoms with E-state index in [1.807, 2.05) is 18.2 Å². The summed E-state index contributed by atoms with van der Waals surface area (Å²) in [5.41, 5.74) is 6.86. The summed E-state index contributed by atoms with van der Waals surface area (Å²) in [5.74, 6) is 0.766. The molecule has 0 radical (unpaired) electrons. The lowest BCUT2D eigenvalue weighted by Gasteiger charge is -2.06. The van der Waals surface area contributed by atoms with Crippen LogP contribution in [-0.2, 0) is 20.5 Å². The molecular formula is C19H24N9O2+. The lowest BCUT2D eigenvalue weighted by atomic mass is 10.1. The molecule has 0 bridgehead atoms. The zero-order valence-electron chi connectivity index (χ0n) is 16.8. The summed E-state index contributed by atoms with van der Waals surface area (Å²) in [6, 6.07) is 10.3. The number of hydrogen-bond donors (Lipinski definition) is 4. The van der Waals surface area contributed by atoms with Gasteiger partial charge in [-0.1, -0.05) is 40.3 Å². The van der Waals surface area contributed by atoms with E-state index >= 15 is 0 Å². The number of aromatic amines is 1. The SMILES string of the molecule is Cn1c(=O)c2c([nH]c3nc(N)nc(NCCNCCc4ccccc4)[n+]32)n(C)c1=O. The van der Waals surface area contributed by atoms with Crippen molar-refractivity contribution in [2.75, 3.05) is 30.7 Å². The quantitative estimate of drug-likeness (QED) is 0.224. The van der Waals surface area contributed by atoms with Crippen molar-refractivity contribution in [2.24, 2.45) is 14.1 Å². The first-order valence-corrected chi connectivity index (χ1v) is 9.63. The molecule has 11 nitrogen and oxygen atoms in total. The van der Waals surface area contributed by atoms with Crippen molar-refractivity contribution >= 4 is 28.8 Å². The van der Waals surface area contributed by atoms with Crippen molar-refractivity contribution in [3.63, 3.8) is 0 Å². The van der Waals surface area contributed by atoms with Crippen molar-refractivity contribution in [2.45, 2.75) is 6.42 Å². The van der Waals surface area contributed by atoms with E-state index in [1.165, 1.54) is 17.2 Å². The van der Waals surface area contributed by atoms with Crippen LogP contribution in [0.25, 0.3) is 16.9 Å². The van der Waals surface area contributed by atoms with Crippen LogP contribution in [0.1, 0.15) is 5.56 Å². The Kier molecular flexibility index (Phi) is 5.19. The molecule has 0 aliphatic rings. The summed E-state index contributed by atoms with van der Waals surface area (Å²) in [7, 11) is 3.02. The maximum Gasteiger partial charge on any atom is 0.336 e. The molecular weight excluding hydrogens is 386 g/mol. The van der Waals surface area contributed by atoms with Crippen LogP contribution >= 0.6 is 0 Å². The number of nitrogen functional groups attached to an aromatic ring is 1. The second kappa shape index (κ2) is 7.95. The van der Waals surface area contributed by atoms with Crippen molar-refractivity contribution in [1.82, 2.24) is 29.4 Å². The summed E-state index contributed by atoms with van der Waals surface area (Å²) >= 11 is 0. The molecule has 0 aliphatic heterocycles. The number of benzene rings is 1. The van der Waals surface area contributed by atoms with E-state index in [0.717, 1.165) is 17.5 Å². The maximum absolute atomic E-state index is 12.7. The number of H-pyrrole nitrogens is 1. The van der Waals surface area contributed by atoms with Crippen molar-refractivity contribution in [1.29, 1.82) is 0 Å². The zero-order valence-corrected chi connectivity index (χ0v) is 16.8. The van der Waals surface area contributed by atoms with Crippen LogP contribution in [0, 0.1) is 0 Å². The van der Waals surface area contributed by atoms with Gasteiger partial charge in [-0.2, -0.15) is 4.40 Å². The Balaban J connectivity index is 1.55. The lowest BCUT2D eigenvalue weighted by molar-refractivity contribution is -0.471. The molecule has 1 aromatic carbocycles. The third-order valence-electron chi connectivity index (χ3n) is 4.98. The van der Waals surface area contributed by atoms with Gasteiger partial charge in [-0.3, -0.25) is 18.9 Å². The Morgan fingerprint density at radius 2 is 1.83 bits per heavy atom. The molecule has 5 N–H and O–H groups in total. The predicted molar refractivity (Wildman–Crippen MR) is 113 cm³/mol. The number of imidazole rings is 1. The van der Waals surface area contributed by atoms with Gasteiger partial charge in [-0.15, -0.1) is 0 Å². The third kappa shape index (κ3) is 3.50. The normalized spacial score (nSPS) is 11.4. The molecule has 11 heteroatoms. The van der Waals surface area contributed by atoms with Gasteiger partial charge in [-0.05, 0) is 18.5 Å². The molecule has 0 saturated carbocycles. The Morgan fingerprint density at radius 1 is 1.07 bits per heavy atom. The Bertz CT molecular complexity index is 1320. The fourth-order valence-corrected chi connectivity index (χ4v) is 3.40. The number of hydrogen-bond acceptors (Lipinski definition) is 7. The van der Waals surface area contributed by atoms with Gasteiger partial charge in [0.25, 0.3) is 5.56 Å². The standard InChI is InChI=1S/C19H23N9O2/c1-26-14-13(15(29)27(2)19(26)30)28-17(24-16(20)25-18(28)23-14)22-11-10-21-9-8-12-6-4-3-5-7-12/h3-7,21H,8-11H2,1-2H3,(H3,20,22,23,24,25,29)/p+1. The minimum absolute atomic E-state index is 0.0583. The average Bonchev–Trinajstić information content (AvgIpc) is 3.13. The van der Waals surface area contributed by atoms with Gasteiger partial charge in [0, 0.05) is 20.6 Å². The van der Waals surface area contributed by atoms with Gasteiger partial charge in [0.15, 0.2) is 5.65 Å². The highest BCUT2D eigenvalue weighted by Gasteiger charge is 2.23. The molecule has 4 aromatic rings. The summed E-state index contributed by atoms with van der Waals surface area (Å²) in [4.78, 5) is 36.4. The van der Waals surface area contributed by atoms with Gasteiger partial charge in [-0.25, -0.2) is 4.79 Å². The minimum atomic E-state index is -0.443. The Morgan fingerprint density at radius 3 is 2.60 bits per heavy atom. The Labute approximate surface area is 171 Å². The van der Waals surface area contributed by atoms with Gasteiger partial charge in [0.05, 0.1) is 6.54 Å². The highest BCUT2D eigenvalue weighted by Crippen LogP contribution is 2.08. The second-order valence-electron chi connectivity index (χ2n) is 7.00. The van der Waals surface area contributed by atoms with E-state index in [4.69, 9.17) is 5.73 Å².